The molecule has 0 bridgehead atoms. The maximum atomic E-state index is 6.22. The van der Waals surface area contributed by atoms with E-state index in [1.54, 1.807) is 24.6 Å². The topological polar surface area (TPSA) is 37.4 Å². The van der Waals surface area contributed by atoms with E-state index in [4.69, 9.17) is 28.6 Å². The first-order valence-electron chi connectivity index (χ1n) is 8.07. The maximum absolute atomic E-state index is 6.22. The van der Waals surface area contributed by atoms with Gasteiger partial charge in [-0.15, -0.1) is 11.3 Å². The Morgan fingerprint density at radius 2 is 2.08 bits per heavy atom. The molecule has 0 amide bonds. The number of hydrogen-bond donors (Lipinski definition) is 1. The fourth-order valence-corrected chi connectivity index (χ4v) is 4.71. The first-order valence-corrected chi connectivity index (χ1v) is 9.67. The number of methoxy groups -OCH3 is 1. The minimum atomic E-state index is -0.0652. The fraction of sp³-hybridized carbons (Fsp3) is 0.158. The van der Waals surface area contributed by atoms with Crippen molar-refractivity contribution in [3.8, 4) is 5.75 Å². The van der Waals surface area contributed by atoms with Gasteiger partial charge in [0.1, 0.15) is 5.75 Å². The number of pyridine rings is 1. The van der Waals surface area contributed by atoms with Crippen LogP contribution in [0.1, 0.15) is 22.7 Å². The molecule has 0 aliphatic carbocycles. The standard InChI is InChI=1S/C19H16ClN3OS2/c1-24-13-6-4-5-12(11-13)23-18(15-8-9-16(20)26-15)17(22-19(23)25)14-7-2-3-10-21-14/h2-11,17-18H,1H3,(H,22,25)/t17-,18+/m0/s1. The van der Waals surface area contributed by atoms with Crippen molar-refractivity contribution in [1.82, 2.24) is 10.3 Å². The van der Waals surface area contributed by atoms with Crippen LogP contribution < -0.4 is 15.0 Å². The molecule has 3 aromatic rings. The molecule has 0 saturated carbocycles. The highest BCUT2D eigenvalue weighted by atomic mass is 35.5. The van der Waals surface area contributed by atoms with E-state index in [-0.39, 0.29) is 12.1 Å². The third-order valence-corrected chi connectivity index (χ3v) is 5.93. The Kier molecular flexibility index (Phi) is 4.80. The number of thiophene rings is 1. The van der Waals surface area contributed by atoms with Crippen LogP contribution in [0.5, 0.6) is 5.75 Å². The van der Waals surface area contributed by atoms with Crippen molar-refractivity contribution in [1.29, 1.82) is 0 Å². The van der Waals surface area contributed by atoms with Crippen LogP contribution in [0, 0.1) is 0 Å². The Morgan fingerprint density at radius 1 is 1.19 bits per heavy atom. The van der Waals surface area contributed by atoms with Gasteiger partial charge in [-0.25, -0.2) is 0 Å². The van der Waals surface area contributed by atoms with Gasteiger partial charge in [0.05, 0.1) is 29.2 Å². The molecule has 7 heteroatoms. The first kappa shape index (κ1) is 17.3. The molecule has 1 N–H and O–H groups in total. The molecular formula is C19H16ClN3OS2. The number of thiocarbonyl (C=S) groups is 1. The van der Waals surface area contributed by atoms with Crippen LogP contribution in [0.2, 0.25) is 4.34 Å². The lowest BCUT2D eigenvalue weighted by atomic mass is 10.0. The van der Waals surface area contributed by atoms with E-state index in [0.717, 1.165) is 26.3 Å². The lowest BCUT2D eigenvalue weighted by Gasteiger charge is -2.27. The Bertz CT molecular complexity index is 931. The molecule has 1 aromatic carbocycles. The number of halogens is 1. The second-order valence-corrected chi connectivity index (χ2v) is 7.97. The minimum Gasteiger partial charge on any atom is -0.497 e. The molecule has 0 unspecified atom stereocenters. The van der Waals surface area contributed by atoms with Gasteiger partial charge in [-0.05, 0) is 48.6 Å². The van der Waals surface area contributed by atoms with Crippen molar-refractivity contribution in [2.45, 2.75) is 12.1 Å². The van der Waals surface area contributed by atoms with Crippen molar-refractivity contribution in [2.75, 3.05) is 12.0 Å². The summed E-state index contributed by atoms with van der Waals surface area (Å²) in [5, 5.41) is 4.09. The summed E-state index contributed by atoms with van der Waals surface area (Å²) in [6, 6.07) is 17.7. The Balaban J connectivity index is 1.82. The lowest BCUT2D eigenvalue weighted by Crippen LogP contribution is -2.29. The molecule has 1 aliphatic heterocycles. The second-order valence-electron chi connectivity index (χ2n) is 5.84. The van der Waals surface area contributed by atoms with E-state index >= 15 is 0 Å². The Hall–Kier alpha value is -2.15. The molecule has 0 spiro atoms. The second kappa shape index (κ2) is 7.23. The van der Waals surface area contributed by atoms with E-state index in [1.165, 1.54) is 0 Å². The van der Waals surface area contributed by atoms with Crippen LogP contribution in [0.25, 0.3) is 0 Å². The average molecular weight is 402 g/mol. The smallest absolute Gasteiger partial charge is 0.174 e. The van der Waals surface area contributed by atoms with Crippen LogP contribution >= 0.6 is 35.2 Å². The zero-order valence-corrected chi connectivity index (χ0v) is 16.3. The largest absolute Gasteiger partial charge is 0.497 e. The lowest BCUT2D eigenvalue weighted by molar-refractivity contribution is 0.415. The van der Waals surface area contributed by atoms with Gasteiger partial charge >= 0.3 is 0 Å². The zero-order valence-electron chi connectivity index (χ0n) is 13.9. The summed E-state index contributed by atoms with van der Waals surface area (Å²) in [7, 11) is 1.66. The van der Waals surface area contributed by atoms with Gasteiger partial charge in [0.15, 0.2) is 5.11 Å². The van der Waals surface area contributed by atoms with Crippen molar-refractivity contribution >= 4 is 46.0 Å². The summed E-state index contributed by atoms with van der Waals surface area (Å²) < 4.78 is 6.14. The number of benzene rings is 1. The summed E-state index contributed by atoms with van der Waals surface area (Å²) in [5.41, 5.74) is 1.91. The van der Waals surface area contributed by atoms with E-state index in [0.29, 0.717) is 5.11 Å². The van der Waals surface area contributed by atoms with Crippen molar-refractivity contribution in [3.05, 3.63) is 75.7 Å². The van der Waals surface area contributed by atoms with Gasteiger partial charge in [0.2, 0.25) is 0 Å². The molecule has 3 heterocycles. The Labute approximate surface area is 166 Å². The number of nitrogens with zero attached hydrogens (tertiary/aromatic N) is 2. The summed E-state index contributed by atoms with van der Waals surface area (Å²) >= 11 is 13.5. The number of nitrogens with one attached hydrogen (secondary N) is 1. The molecule has 2 atom stereocenters. The molecule has 1 fully saturated rings. The molecule has 4 nitrogen and oxygen atoms in total. The first-order chi connectivity index (χ1) is 12.7. The molecule has 26 heavy (non-hydrogen) atoms. The fourth-order valence-electron chi connectivity index (χ4n) is 3.17. The van der Waals surface area contributed by atoms with E-state index in [9.17, 15) is 0 Å². The van der Waals surface area contributed by atoms with E-state index in [2.05, 4.69) is 21.3 Å². The van der Waals surface area contributed by atoms with Crippen LogP contribution in [0.15, 0.2) is 60.8 Å². The quantitative estimate of drug-likeness (QED) is 0.624. The van der Waals surface area contributed by atoms with Gasteiger partial charge in [-0.2, -0.15) is 0 Å². The van der Waals surface area contributed by atoms with Gasteiger partial charge in [-0.1, -0.05) is 23.7 Å². The van der Waals surface area contributed by atoms with E-state index in [1.807, 2.05) is 48.5 Å². The van der Waals surface area contributed by atoms with Gasteiger partial charge in [0, 0.05) is 22.8 Å². The molecule has 4 rings (SSSR count). The number of anilines is 1. The number of hydrogen-bond acceptors (Lipinski definition) is 4. The number of ether oxygens (including phenoxy) is 1. The van der Waals surface area contributed by atoms with Crippen molar-refractivity contribution in [3.63, 3.8) is 0 Å². The number of rotatable bonds is 4. The summed E-state index contributed by atoms with van der Waals surface area (Å²) in [4.78, 5) is 7.77. The molecule has 1 saturated heterocycles. The third-order valence-electron chi connectivity index (χ3n) is 4.32. The molecular weight excluding hydrogens is 386 g/mol. The monoisotopic (exact) mass is 401 g/mol. The molecule has 1 aliphatic rings. The van der Waals surface area contributed by atoms with Crippen molar-refractivity contribution in [2.24, 2.45) is 0 Å². The van der Waals surface area contributed by atoms with Crippen LogP contribution in [-0.2, 0) is 0 Å². The SMILES string of the molecule is COc1cccc(N2C(=S)N[C@@H](c3ccccn3)[C@H]2c2ccc(Cl)s2)c1. The maximum Gasteiger partial charge on any atom is 0.174 e. The van der Waals surface area contributed by atoms with Crippen LogP contribution in [-0.4, -0.2) is 17.2 Å². The number of aromatic nitrogens is 1. The predicted molar refractivity (Wildman–Crippen MR) is 110 cm³/mol. The van der Waals surface area contributed by atoms with Crippen molar-refractivity contribution < 1.29 is 4.74 Å². The average Bonchev–Trinajstić information content (AvgIpc) is 3.25. The highest BCUT2D eigenvalue weighted by Gasteiger charge is 2.41. The predicted octanol–water partition coefficient (Wildman–Crippen LogP) is 4.98. The molecule has 132 valence electrons. The van der Waals surface area contributed by atoms with E-state index < -0.39 is 0 Å². The normalized spacial score (nSPS) is 19.5. The highest BCUT2D eigenvalue weighted by molar-refractivity contribution is 7.80. The molecule has 0 radical (unpaired) electrons. The molecule has 2 aromatic heterocycles. The summed E-state index contributed by atoms with van der Waals surface area (Å²) in [5.74, 6) is 0.787. The minimum absolute atomic E-state index is 0.0398. The van der Waals surface area contributed by atoms with Gasteiger partial charge in [-0.3, -0.25) is 4.98 Å². The highest BCUT2D eigenvalue weighted by Crippen LogP contribution is 2.44. The third kappa shape index (κ3) is 3.16. The Morgan fingerprint density at radius 3 is 2.77 bits per heavy atom. The van der Waals surface area contributed by atoms with Gasteiger partial charge < -0.3 is 15.0 Å². The van der Waals surface area contributed by atoms with Crippen LogP contribution in [0.4, 0.5) is 5.69 Å². The zero-order chi connectivity index (χ0) is 18.1. The summed E-state index contributed by atoms with van der Waals surface area (Å²) in [6.45, 7) is 0. The summed E-state index contributed by atoms with van der Waals surface area (Å²) in [6.07, 6.45) is 1.80. The van der Waals surface area contributed by atoms with Gasteiger partial charge in [0.25, 0.3) is 0 Å². The van der Waals surface area contributed by atoms with Crippen LogP contribution in [0.3, 0.4) is 0 Å².